The Morgan fingerprint density at radius 2 is 1.19 bits per heavy atom. The van der Waals surface area contributed by atoms with Crippen LogP contribution in [0, 0.1) is 0 Å². The fraction of sp³-hybridized carbons (Fsp3) is 0.213. The summed E-state index contributed by atoms with van der Waals surface area (Å²) in [6.07, 6.45) is 7.78. The first-order valence-corrected chi connectivity index (χ1v) is 21.4. The van der Waals surface area contributed by atoms with E-state index >= 15 is 0 Å². The maximum atomic E-state index is 13.5. The lowest BCUT2D eigenvalue weighted by atomic mass is 10.1. The van der Waals surface area contributed by atoms with Crippen LogP contribution in [0.4, 0.5) is 17.7 Å². The van der Waals surface area contributed by atoms with E-state index in [2.05, 4.69) is 51.8 Å². The number of nitrogens with one attached hydrogen (secondary N) is 3. The Morgan fingerprint density at radius 3 is 1.75 bits per heavy atom. The fourth-order valence-electron chi connectivity index (χ4n) is 6.93. The Morgan fingerprint density at radius 1 is 0.656 bits per heavy atom. The molecule has 3 N–H and O–H groups in total. The molecule has 1 atom stereocenters. The first kappa shape index (κ1) is 43.1. The summed E-state index contributed by atoms with van der Waals surface area (Å²) < 4.78 is 15.7. The second kappa shape index (κ2) is 18.8. The molecule has 0 saturated heterocycles. The minimum atomic E-state index is -0.242. The van der Waals surface area contributed by atoms with E-state index in [1.807, 2.05) is 63.2 Å². The second-order valence-electron chi connectivity index (χ2n) is 15.5. The molecule has 0 spiro atoms. The van der Waals surface area contributed by atoms with Gasteiger partial charge in [0.1, 0.15) is 33.4 Å². The molecule has 6 heterocycles. The molecule has 0 radical (unpaired) electrons. The topological polar surface area (TPSA) is 193 Å². The number of hydrogen-bond donors (Lipinski definition) is 3. The number of amides is 1. The van der Waals surface area contributed by atoms with E-state index in [-0.39, 0.29) is 35.5 Å². The lowest BCUT2D eigenvalue weighted by Gasteiger charge is -2.17. The lowest BCUT2D eigenvalue weighted by molar-refractivity contribution is -0.116. The van der Waals surface area contributed by atoms with Crippen LogP contribution in [0.3, 0.4) is 0 Å². The number of fused-ring (bicyclic) bond motifs is 2. The maximum absolute atomic E-state index is 13.5. The molecular formula is C47H44BrN11O5. The zero-order chi connectivity index (χ0) is 44.9. The van der Waals surface area contributed by atoms with E-state index < -0.39 is 0 Å². The molecular weight excluding hydrogens is 878 g/mol. The highest BCUT2D eigenvalue weighted by Gasteiger charge is 2.16. The number of nitrogens with zero attached hydrogens (tertiary/aromatic N) is 8. The zero-order valence-corrected chi connectivity index (χ0v) is 37.3. The average molecular weight is 923 g/mol. The van der Waals surface area contributed by atoms with Gasteiger partial charge < -0.3 is 25.4 Å². The summed E-state index contributed by atoms with van der Waals surface area (Å²) in [5.41, 5.74) is 2.77. The van der Waals surface area contributed by atoms with E-state index in [1.165, 1.54) is 15.3 Å². The Balaban J connectivity index is 0.826. The summed E-state index contributed by atoms with van der Waals surface area (Å²) in [4.78, 5) is 66.4. The summed E-state index contributed by atoms with van der Waals surface area (Å²) in [6.45, 7) is 5.94. The SMILES string of the molecule is CC(C)Nc1ncc(-c2ccc3cc(Oc4ccnc(NC(=O)CCCC(C)Nc5ncc(-c6ccc7cc(Oc8ccnc(Br)c8)ccc7n6)c(=O)n5C)c4)ccc3n2)c(=O)n1C. The highest BCUT2D eigenvalue weighted by molar-refractivity contribution is 9.10. The number of benzene rings is 2. The van der Waals surface area contributed by atoms with Crippen LogP contribution in [0.2, 0.25) is 0 Å². The Bertz CT molecular complexity index is 3160. The zero-order valence-electron chi connectivity index (χ0n) is 35.7. The van der Waals surface area contributed by atoms with Gasteiger partial charge in [-0.2, -0.15) is 0 Å². The van der Waals surface area contributed by atoms with Crippen molar-refractivity contribution < 1.29 is 14.3 Å². The van der Waals surface area contributed by atoms with Crippen LogP contribution >= 0.6 is 15.9 Å². The summed E-state index contributed by atoms with van der Waals surface area (Å²) in [5.74, 6) is 3.43. The smallest absolute Gasteiger partial charge is 0.264 e. The van der Waals surface area contributed by atoms with Crippen molar-refractivity contribution in [3.63, 3.8) is 0 Å². The van der Waals surface area contributed by atoms with Gasteiger partial charge in [0.05, 0.1) is 33.5 Å². The lowest BCUT2D eigenvalue weighted by Crippen LogP contribution is -2.27. The maximum Gasteiger partial charge on any atom is 0.264 e. The number of carbonyl (C=O) groups is 1. The third kappa shape index (κ3) is 10.1. The summed E-state index contributed by atoms with van der Waals surface area (Å²) in [6, 6.07) is 25.4. The minimum Gasteiger partial charge on any atom is -0.457 e. The Kier molecular flexibility index (Phi) is 12.7. The Labute approximate surface area is 376 Å². The molecule has 17 heteroatoms. The van der Waals surface area contributed by atoms with Crippen molar-refractivity contribution in [3.05, 3.63) is 135 Å². The molecule has 1 amide bonds. The van der Waals surface area contributed by atoms with Crippen molar-refractivity contribution in [3.8, 4) is 45.5 Å². The number of hydrogen-bond acceptors (Lipinski definition) is 13. The van der Waals surface area contributed by atoms with Crippen molar-refractivity contribution in [1.29, 1.82) is 0 Å². The van der Waals surface area contributed by atoms with Gasteiger partial charge in [-0.25, -0.2) is 29.9 Å². The first-order valence-electron chi connectivity index (χ1n) is 20.6. The van der Waals surface area contributed by atoms with Gasteiger partial charge >= 0.3 is 0 Å². The van der Waals surface area contributed by atoms with Gasteiger partial charge in [-0.1, -0.05) is 12.1 Å². The molecule has 64 heavy (non-hydrogen) atoms. The largest absolute Gasteiger partial charge is 0.457 e. The van der Waals surface area contributed by atoms with Crippen LogP contribution in [0.1, 0.15) is 40.0 Å². The van der Waals surface area contributed by atoms with Gasteiger partial charge in [0.2, 0.25) is 17.8 Å². The Hall–Kier alpha value is -7.53. The molecule has 0 aliphatic carbocycles. The number of carbonyl (C=O) groups excluding carboxylic acids is 1. The van der Waals surface area contributed by atoms with Crippen LogP contribution in [0.5, 0.6) is 23.0 Å². The second-order valence-corrected chi connectivity index (χ2v) is 16.3. The molecule has 324 valence electrons. The van der Waals surface area contributed by atoms with Gasteiger partial charge in [0.25, 0.3) is 11.1 Å². The molecule has 16 nitrogen and oxygen atoms in total. The molecule has 0 aliphatic heterocycles. The predicted octanol–water partition coefficient (Wildman–Crippen LogP) is 8.87. The van der Waals surface area contributed by atoms with E-state index in [0.717, 1.165) is 10.8 Å². The summed E-state index contributed by atoms with van der Waals surface area (Å²) >= 11 is 3.36. The normalized spacial score (nSPS) is 11.7. The molecule has 2 aromatic carbocycles. The van der Waals surface area contributed by atoms with Crippen molar-refractivity contribution in [2.75, 3.05) is 16.0 Å². The van der Waals surface area contributed by atoms with Crippen LogP contribution < -0.4 is 36.5 Å². The van der Waals surface area contributed by atoms with Gasteiger partial charge in [0.15, 0.2) is 0 Å². The number of halogens is 1. The fourth-order valence-corrected chi connectivity index (χ4v) is 7.27. The van der Waals surface area contributed by atoms with Crippen molar-refractivity contribution in [2.45, 2.75) is 52.1 Å². The molecule has 8 aromatic rings. The van der Waals surface area contributed by atoms with Gasteiger partial charge in [-0.15, -0.1) is 0 Å². The van der Waals surface area contributed by atoms with E-state index in [4.69, 9.17) is 19.4 Å². The molecule has 1 unspecified atom stereocenters. The minimum absolute atomic E-state index is 0.0816. The third-order valence-electron chi connectivity index (χ3n) is 10.2. The highest BCUT2D eigenvalue weighted by atomic mass is 79.9. The van der Waals surface area contributed by atoms with Crippen LogP contribution in [-0.4, -0.2) is 57.0 Å². The van der Waals surface area contributed by atoms with Gasteiger partial charge in [-0.05, 0) is 110 Å². The third-order valence-corrected chi connectivity index (χ3v) is 10.6. The number of pyridine rings is 4. The van der Waals surface area contributed by atoms with Gasteiger partial charge in [0, 0.05) is 80.3 Å². The summed E-state index contributed by atoms with van der Waals surface area (Å²) in [5, 5.41) is 11.0. The molecule has 0 fully saturated rings. The van der Waals surface area contributed by atoms with E-state index in [1.54, 1.807) is 75.2 Å². The van der Waals surface area contributed by atoms with Crippen molar-refractivity contribution in [1.82, 2.24) is 39.0 Å². The summed E-state index contributed by atoms with van der Waals surface area (Å²) in [7, 11) is 3.34. The number of aromatic nitrogens is 8. The number of ether oxygens (including phenoxy) is 2. The van der Waals surface area contributed by atoms with Crippen molar-refractivity contribution >= 4 is 61.4 Å². The molecule has 6 aromatic heterocycles. The van der Waals surface area contributed by atoms with Crippen LogP contribution in [0.15, 0.2) is 124 Å². The van der Waals surface area contributed by atoms with Crippen LogP contribution in [0.25, 0.3) is 44.3 Å². The molecule has 0 aliphatic rings. The first-order chi connectivity index (χ1) is 30.9. The quantitative estimate of drug-likeness (QED) is 0.0827. The number of rotatable bonds is 15. The standard InChI is InChI=1S/C47H44BrN11O5/c1-27(2)53-46-51-25-35(44(61)58(46)4)39-13-10-30-22-32(12-16-38(30)55-39)64-34-18-20-50-42(24-34)57-43(60)8-6-7-28(3)54-47-52-26-36(45(62)59(47)5)40-14-9-29-21-31(11-15-37(29)56-40)63-33-17-19-49-41(48)23-33/h9-28H,6-8H2,1-5H3,(H,51,53)(H,52,54)(H,50,57,60). The van der Waals surface area contributed by atoms with Crippen LogP contribution in [-0.2, 0) is 18.9 Å². The van der Waals surface area contributed by atoms with Gasteiger partial charge in [-0.3, -0.25) is 23.5 Å². The number of anilines is 3. The molecule has 8 rings (SSSR count). The highest BCUT2D eigenvalue weighted by Crippen LogP contribution is 2.29. The molecule has 0 saturated carbocycles. The molecule has 0 bridgehead atoms. The monoisotopic (exact) mass is 921 g/mol. The van der Waals surface area contributed by atoms with E-state index in [9.17, 15) is 14.4 Å². The predicted molar refractivity (Wildman–Crippen MR) is 251 cm³/mol. The van der Waals surface area contributed by atoms with E-state index in [0.29, 0.717) is 91.7 Å². The average Bonchev–Trinajstić information content (AvgIpc) is 3.27. The van der Waals surface area contributed by atoms with Crippen molar-refractivity contribution in [2.24, 2.45) is 14.1 Å².